The summed E-state index contributed by atoms with van der Waals surface area (Å²) in [5, 5.41) is 15.3. The molecule has 2 aliphatic rings. The molecule has 2 aliphatic heterocycles. The monoisotopic (exact) mass is 510 g/mol. The van der Waals surface area contributed by atoms with E-state index in [1.165, 1.54) is 0 Å². The minimum absolute atomic E-state index is 0.0288. The van der Waals surface area contributed by atoms with Gasteiger partial charge in [-0.3, -0.25) is 10.8 Å². The van der Waals surface area contributed by atoms with Crippen molar-refractivity contribution in [3.05, 3.63) is 53.6 Å². The van der Waals surface area contributed by atoms with Gasteiger partial charge >= 0.3 is 5.97 Å². The van der Waals surface area contributed by atoms with Gasteiger partial charge in [-0.2, -0.15) is 0 Å². The van der Waals surface area contributed by atoms with E-state index >= 15 is 0 Å². The van der Waals surface area contributed by atoms with Crippen LogP contribution >= 0.6 is 0 Å². The average Bonchev–Trinajstić information content (AvgIpc) is 3.11. The molecule has 0 amide bonds. The van der Waals surface area contributed by atoms with Gasteiger partial charge in [0.15, 0.2) is 11.9 Å². The number of nitrogens with two attached hydrogens (primary N) is 2. The van der Waals surface area contributed by atoms with E-state index in [2.05, 4.69) is 0 Å². The number of guanidine groups is 2. The summed E-state index contributed by atoms with van der Waals surface area (Å²) >= 11 is 0. The SMILES string of the molecule is CCOC(=O)C(Oc1ccc2c(c1)CN(C(=N)N)CCO2)c1ccc(OC2CCN(C(=N)N)CC2)cc1. The van der Waals surface area contributed by atoms with Crippen LogP contribution in [0.15, 0.2) is 42.5 Å². The van der Waals surface area contributed by atoms with Gasteiger partial charge in [-0.1, -0.05) is 12.1 Å². The quantitative estimate of drug-likeness (QED) is 0.249. The fraction of sp³-hybridized carbons (Fsp3) is 0.423. The van der Waals surface area contributed by atoms with Crippen LogP contribution < -0.4 is 25.7 Å². The van der Waals surface area contributed by atoms with Crippen molar-refractivity contribution in [1.29, 1.82) is 10.8 Å². The van der Waals surface area contributed by atoms with Crippen LogP contribution in [0.3, 0.4) is 0 Å². The number of esters is 1. The van der Waals surface area contributed by atoms with Crippen LogP contribution in [0.4, 0.5) is 0 Å². The molecule has 0 radical (unpaired) electrons. The number of likely N-dealkylation sites (tertiary alicyclic amines) is 1. The van der Waals surface area contributed by atoms with Crippen molar-refractivity contribution in [1.82, 2.24) is 9.80 Å². The van der Waals surface area contributed by atoms with Crippen molar-refractivity contribution in [3.8, 4) is 17.2 Å². The van der Waals surface area contributed by atoms with Crippen molar-refractivity contribution in [2.45, 2.75) is 38.5 Å². The van der Waals surface area contributed by atoms with Gasteiger partial charge in [-0.25, -0.2) is 4.79 Å². The Balaban J connectivity index is 1.47. The summed E-state index contributed by atoms with van der Waals surface area (Å²) < 4.78 is 23.3. The highest BCUT2D eigenvalue weighted by Gasteiger charge is 2.26. The first-order chi connectivity index (χ1) is 17.8. The summed E-state index contributed by atoms with van der Waals surface area (Å²) in [7, 11) is 0. The molecule has 0 aliphatic carbocycles. The molecule has 1 unspecified atom stereocenters. The summed E-state index contributed by atoms with van der Waals surface area (Å²) in [5.74, 6) is 1.43. The molecule has 0 bridgehead atoms. The number of hydrogen-bond acceptors (Lipinski definition) is 7. The number of piperidine rings is 1. The second kappa shape index (κ2) is 11.7. The molecule has 11 nitrogen and oxygen atoms in total. The molecule has 1 fully saturated rings. The van der Waals surface area contributed by atoms with E-state index in [0.717, 1.165) is 18.4 Å². The third kappa shape index (κ3) is 6.54. The summed E-state index contributed by atoms with van der Waals surface area (Å²) in [6, 6.07) is 12.6. The van der Waals surface area contributed by atoms with Crippen molar-refractivity contribution < 1.29 is 23.7 Å². The van der Waals surface area contributed by atoms with Crippen LogP contribution in [0.2, 0.25) is 0 Å². The Hall–Kier alpha value is -4.15. The van der Waals surface area contributed by atoms with E-state index < -0.39 is 12.1 Å². The minimum Gasteiger partial charge on any atom is -0.491 e. The van der Waals surface area contributed by atoms with E-state index in [0.29, 0.717) is 55.6 Å². The van der Waals surface area contributed by atoms with Gasteiger partial charge in [-0.05, 0) is 37.3 Å². The molecule has 0 spiro atoms. The zero-order valence-electron chi connectivity index (χ0n) is 20.9. The zero-order chi connectivity index (χ0) is 26.4. The summed E-state index contributed by atoms with van der Waals surface area (Å²) in [6.45, 7) is 4.69. The normalized spacial score (nSPS) is 16.6. The standard InChI is InChI=1S/C26H34N6O5/c1-2-34-24(33)23(37-21-7-8-22-18(15-21)16-32(26(29)30)13-14-35-22)17-3-5-19(6-4-17)36-20-9-11-31(12-10-20)25(27)28/h3-8,15,20,23H,2,9-14,16H2,1H3,(H3,27,28)(H3,29,30). The lowest BCUT2D eigenvalue weighted by Crippen LogP contribution is -2.44. The van der Waals surface area contributed by atoms with Crippen LogP contribution in [0.25, 0.3) is 0 Å². The smallest absolute Gasteiger partial charge is 0.352 e. The number of fused-ring (bicyclic) bond motifs is 1. The third-order valence-electron chi connectivity index (χ3n) is 6.38. The second-order valence-corrected chi connectivity index (χ2v) is 8.93. The van der Waals surface area contributed by atoms with Crippen molar-refractivity contribution in [2.24, 2.45) is 11.5 Å². The Kier molecular flexibility index (Phi) is 8.22. The number of benzene rings is 2. The van der Waals surface area contributed by atoms with Crippen LogP contribution in [-0.4, -0.2) is 66.6 Å². The molecule has 2 aromatic carbocycles. The fourth-order valence-electron chi connectivity index (χ4n) is 4.38. The Bertz CT molecular complexity index is 1120. The first-order valence-electron chi connectivity index (χ1n) is 12.4. The summed E-state index contributed by atoms with van der Waals surface area (Å²) in [6.07, 6.45) is 0.620. The second-order valence-electron chi connectivity index (χ2n) is 8.93. The molecule has 4 rings (SSSR count). The molecule has 2 heterocycles. The number of nitrogens with one attached hydrogen (secondary N) is 2. The van der Waals surface area contributed by atoms with Crippen LogP contribution in [-0.2, 0) is 16.1 Å². The number of carbonyl (C=O) groups excluding carboxylic acids is 1. The molecule has 37 heavy (non-hydrogen) atoms. The molecule has 198 valence electrons. The molecule has 6 N–H and O–H groups in total. The van der Waals surface area contributed by atoms with Crippen molar-refractivity contribution in [2.75, 3.05) is 32.8 Å². The van der Waals surface area contributed by atoms with E-state index in [4.69, 9.17) is 41.2 Å². The lowest BCUT2D eigenvalue weighted by Gasteiger charge is -2.32. The lowest BCUT2D eigenvalue weighted by molar-refractivity contribution is -0.151. The Labute approximate surface area is 216 Å². The number of rotatable bonds is 7. The van der Waals surface area contributed by atoms with Gasteiger partial charge < -0.3 is 40.2 Å². The molecule has 11 heteroatoms. The van der Waals surface area contributed by atoms with Gasteiger partial charge in [0.1, 0.15) is 30.0 Å². The number of carbonyl (C=O) groups is 1. The third-order valence-corrected chi connectivity index (χ3v) is 6.38. The van der Waals surface area contributed by atoms with E-state index in [1.54, 1.807) is 42.2 Å². The topological polar surface area (TPSA) is 160 Å². The maximum atomic E-state index is 12.8. The van der Waals surface area contributed by atoms with Crippen molar-refractivity contribution >= 4 is 17.9 Å². The maximum Gasteiger partial charge on any atom is 0.352 e. The highest BCUT2D eigenvalue weighted by Crippen LogP contribution is 2.31. The molecule has 0 aromatic heterocycles. The van der Waals surface area contributed by atoms with Gasteiger partial charge in [0.05, 0.1) is 13.2 Å². The molecule has 0 saturated carbocycles. The minimum atomic E-state index is -0.971. The van der Waals surface area contributed by atoms with Crippen LogP contribution in [0, 0.1) is 10.8 Å². The number of hydrogen-bond donors (Lipinski definition) is 4. The number of ether oxygens (including phenoxy) is 4. The maximum absolute atomic E-state index is 12.8. The van der Waals surface area contributed by atoms with Gasteiger partial charge in [0.2, 0.25) is 6.10 Å². The first-order valence-corrected chi connectivity index (χ1v) is 12.4. The predicted octanol–water partition coefficient (Wildman–Crippen LogP) is 2.19. The molecule has 2 aromatic rings. The molecule has 1 saturated heterocycles. The Morgan fingerprint density at radius 2 is 1.70 bits per heavy atom. The average molecular weight is 511 g/mol. The van der Waals surface area contributed by atoms with Gasteiger partial charge in [-0.15, -0.1) is 0 Å². The zero-order valence-corrected chi connectivity index (χ0v) is 20.9. The number of nitrogens with zero attached hydrogens (tertiary/aromatic N) is 2. The molecular formula is C26H34N6O5. The van der Waals surface area contributed by atoms with E-state index in [-0.39, 0.29) is 24.6 Å². The Morgan fingerprint density at radius 1 is 1.03 bits per heavy atom. The predicted molar refractivity (Wildman–Crippen MR) is 138 cm³/mol. The van der Waals surface area contributed by atoms with Gasteiger partial charge in [0, 0.05) is 43.6 Å². The highest BCUT2D eigenvalue weighted by molar-refractivity contribution is 5.77. The highest BCUT2D eigenvalue weighted by atomic mass is 16.6. The van der Waals surface area contributed by atoms with E-state index in [9.17, 15) is 4.79 Å². The van der Waals surface area contributed by atoms with E-state index in [1.807, 2.05) is 17.0 Å². The summed E-state index contributed by atoms with van der Waals surface area (Å²) in [5.41, 5.74) is 12.7. The largest absolute Gasteiger partial charge is 0.491 e. The Morgan fingerprint density at radius 3 is 2.35 bits per heavy atom. The first kappa shape index (κ1) is 25.9. The van der Waals surface area contributed by atoms with Crippen LogP contribution in [0.5, 0.6) is 17.2 Å². The summed E-state index contributed by atoms with van der Waals surface area (Å²) in [4.78, 5) is 16.4. The lowest BCUT2D eigenvalue weighted by atomic mass is 10.1. The van der Waals surface area contributed by atoms with Crippen molar-refractivity contribution in [3.63, 3.8) is 0 Å². The fourth-order valence-corrected chi connectivity index (χ4v) is 4.38. The van der Waals surface area contributed by atoms with Gasteiger partial charge in [0.25, 0.3) is 0 Å². The van der Waals surface area contributed by atoms with Crippen LogP contribution in [0.1, 0.15) is 37.0 Å². The molecular weight excluding hydrogens is 476 g/mol. The molecule has 1 atom stereocenters.